The number of benzene rings is 2. The molecule has 3 aromatic rings. The molecule has 31 heavy (non-hydrogen) atoms. The summed E-state index contributed by atoms with van der Waals surface area (Å²) in [7, 11) is -1.59. The molecular formula is C21H19ClFN3O4S. The lowest BCUT2D eigenvalue weighted by atomic mass is 10.1. The Kier molecular flexibility index (Phi) is 5.72. The van der Waals surface area contributed by atoms with E-state index < -0.39 is 21.6 Å². The van der Waals surface area contributed by atoms with Crippen molar-refractivity contribution < 1.29 is 22.3 Å². The van der Waals surface area contributed by atoms with Crippen LogP contribution >= 0.6 is 11.6 Å². The highest BCUT2D eigenvalue weighted by Gasteiger charge is 2.32. The van der Waals surface area contributed by atoms with Crippen molar-refractivity contribution in [2.24, 2.45) is 0 Å². The Morgan fingerprint density at radius 3 is 2.58 bits per heavy atom. The molecule has 1 aromatic heterocycles. The van der Waals surface area contributed by atoms with E-state index in [0.717, 1.165) is 11.6 Å². The first kappa shape index (κ1) is 21.3. The van der Waals surface area contributed by atoms with E-state index in [9.17, 15) is 17.6 Å². The molecule has 10 heteroatoms. The third-order valence-electron chi connectivity index (χ3n) is 5.09. The van der Waals surface area contributed by atoms with Gasteiger partial charge in [-0.05, 0) is 55.0 Å². The van der Waals surface area contributed by atoms with E-state index in [1.807, 2.05) is 12.1 Å². The lowest BCUT2D eigenvalue weighted by Gasteiger charge is -2.13. The van der Waals surface area contributed by atoms with Gasteiger partial charge < -0.3 is 10.1 Å². The fourth-order valence-corrected chi connectivity index (χ4v) is 5.37. The highest BCUT2D eigenvalue weighted by molar-refractivity contribution is 7.91. The van der Waals surface area contributed by atoms with Crippen LogP contribution in [0.2, 0.25) is 5.02 Å². The van der Waals surface area contributed by atoms with Gasteiger partial charge in [0.15, 0.2) is 15.5 Å². The summed E-state index contributed by atoms with van der Waals surface area (Å²) in [6.07, 6.45) is 0.418. The Morgan fingerprint density at radius 2 is 1.97 bits per heavy atom. The van der Waals surface area contributed by atoms with Crippen LogP contribution in [-0.2, 0) is 9.84 Å². The number of ether oxygens (including phenoxy) is 1. The number of aromatic nitrogens is 2. The maximum absolute atomic E-state index is 13.4. The Labute approximate surface area is 183 Å². The molecule has 0 radical (unpaired) electrons. The number of rotatable bonds is 5. The minimum atomic E-state index is -3.15. The van der Waals surface area contributed by atoms with Crippen molar-refractivity contribution in [3.63, 3.8) is 0 Å². The number of sulfone groups is 1. The Balaban J connectivity index is 1.69. The minimum Gasteiger partial charge on any atom is -0.497 e. The van der Waals surface area contributed by atoms with Gasteiger partial charge in [-0.1, -0.05) is 11.6 Å². The van der Waals surface area contributed by atoms with Crippen molar-refractivity contribution in [2.45, 2.75) is 12.5 Å². The molecule has 1 amide bonds. The number of carbonyl (C=O) groups is 1. The summed E-state index contributed by atoms with van der Waals surface area (Å²) in [5.74, 6) is -0.392. The van der Waals surface area contributed by atoms with E-state index in [-0.39, 0.29) is 28.3 Å². The number of carbonyl (C=O) groups excluding carboxylic acids is 1. The zero-order chi connectivity index (χ0) is 22.2. The second-order valence-electron chi connectivity index (χ2n) is 7.23. The van der Waals surface area contributed by atoms with Crippen molar-refractivity contribution in [1.29, 1.82) is 0 Å². The number of anilines is 1. The second-order valence-corrected chi connectivity index (χ2v) is 9.86. The highest BCUT2D eigenvalue weighted by atomic mass is 35.5. The van der Waals surface area contributed by atoms with Gasteiger partial charge in [0.1, 0.15) is 11.6 Å². The lowest BCUT2D eigenvalue weighted by Crippen LogP contribution is -2.16. The van der Waals surface area contributed by atoms with E-state index in [1.54, 1.807) is 30.0 Å². The summed E-state index contributed by atoms with van der Waals surface area (Å²) in [4.78, 5) is 12.8. The summed E-state index contributed by atoms with van der Waals surface area (Å²) in [6, 6.07) is 12.3. The molecule has 0 spiro atoms. The molecule has 1 atom stereocenters. The Bertz CT molecular complexity index is 1240. The van der Waals surface area contributed by atoms with E-state index in [4.69, 9.17) is 16.3 Å². The van der Waals surface area contributed by atoms with Gasteiger partial charge in [0.25, 0.3) is 5.91 Å². The van der Waals surface area contributed by atoms with Gasteiger partial charge in [-0.25, -0.2) is 12.8 Å². The van der Waals surface area contributed by atoms with E-state index in [1.165, 1.54) is 12.1 Å². The molecule has 2 heterocycles. The Morgan fingerprint density at radius 1 is 1.23 bits per heavy atom. The molecule has 1 N–H and O–H groups in total. The van der Waals surface area contributed by atoms with Crippen LogP contribution in [-0.4, -0.2) is 42.7 Å². The summed E-state index contributed by atoms with van der Waals surface area (Å²) in [6.45, 7) is 0. The van der Waals surface area contributed by atoms with Crippen LogP contribution in [0.15, 0.2) is 48.5 Å². The van der Waals surface area contributed by atoms with Gasteiger partial charge >= 0.3 is 0 Å². The average Bonchev–Trinajstić information content (AvgIpc) is 3.34. The SMILES string of the molecule is COc1ccc(-c2cc(C(=O)Nc3ccc(F)c(Cl)c3)nn2[C@H]2CCS(=O)(=O)C2)cc1. The van der Waals surface area contributed by atoms with Gasteiger partial charge in [-0.15, -0.1) is 0 Å². The molecule has 1 aliphatic heterocycles. The lowest BCUT2D eigenvalue weighted by molar-refractivity contribution is 0.102. The summed E-state index contributed by atoms with van der Waals surface area (Å²) < 4.78 is 44.2. The molecule has 0 aliphatic carbocycles. The fraction of sp³-hybridized carbons (Fsp3) is 0.238. The maximum atomic E-state index is 13.4. The van der Waals surface area contributed by atoms with Crippen molar-refractivity contribution >= 4 is 33.0 Å². The highest BCUT2D eigenvalue weighted by Crippen LogP contribution is 2.31. The quantitative estimate of drug-likeness (QED) is 0.618. The van der Waals surface area contributed by atoms with Crippen molar-refractivity contribution in [2.75, 3.05) is 23.9 Å². The van der Waals surface area contributed by atoms with Crippen LogP contribution in [0.3, 0.4) is 0 Å². The number of halogens is 2. The first-order valence-electron chi connectivity index (χ1n) is 9.46. The predicted octanol–water partition coefficient (Wildman–Crippen LogP) is 3.96. The summed E-state index contributed by atoms with van der Waals surface area (Å²) in [5, 5.41) is 6.94. The molecule has 2 aromatic carbocycles. The maximum Gasteiger partial charge on any atom is 0.276 e. The molecule has 1 saturated heterocycles. The molecular weight excluding hydrogens is 445 g/mol. The third-order valence-corrected chi connectivity index (χ3v) is 7.13. The van der Waals surface area contributed by atoms with Crippen molar-refractivity contribution in [1.82, 2.24) is 9.78 Å². The topological polar surface area (TPSA) is 90.3 Å². The zero-order valence-electron chi connectivity index (χ0n) is 16.5. The standard InChI is InChI=1S/C21H19ClFN3O4S/c1-30-16-5-2-13(3-6-16)20-11-19(25-26(20)15-8-9-31(28,29)12-15)21(27)24-14-4-7-18(23)17(22)10-14/h2-7,10-11,15H,8-9,12H2,1H3,(H,24,27)/t15-/m0/s1. The van der Waals surface area contributed by atoms with E-state index in [0.29, 0.717) is 23.6 Å². The molecule has 0 bridgehead atoms. The number of methoxy groups -OCH3 is 1. The number of hydrogen-bond donors (Lipinski definition) is 1. The van der Waals surface area contributed by atoms with Gasteiger partial charge in [0.05, 0.1) is 35.4 Å². The van der Waals surface area contributed by atoms with Gasteiger partial charge in [-0.2, -0.15) is 5.10 Å². The summed E-state index contributed by atoms with van der Waals surface area (Å²) >= 11 is 5.78. The smallest absolute Gasteiger partial charge is 0.276 e. The van der Waals surface area contributed by atoms with Crippen LogP contribution in [0.25, 0.3) is 11.3 Å². The van der Waals surface area contributed by atoms with Crippen molar-refractivity contribution in [3.8, 4) is 17.0 Å². The first-order valence-corrected chi connectivity index (χ1v) is 11.7. The van der Waals surface area contributed by atoms with Gasteiger partial charge in [0, 0.05) is 11.3 Å². The number of nitrogens with one attached hydrogen (secondary N) is 1. The third kappa shape index (κ3) is 4.57. The molecule has 7 nitrogen and oxygen atoms in total. The fourth-order valence-electron chi connectivity index (χ4n) is 3.50. The van der Waals surface area contributed by atoms with E-state index in [2.05, 4.69) is 10.4 Å². The second kappa shape index (κ2) is 8.32. The van der Waals surface area contributed by atoms with E-state index >= 15 is 0 Å². The van der Waals surface area contributed by atoms with Gasteiger partial charge in [-0.3, -0.25) is 9.48 Å². The molecule has 4 rings (SSSR count). The molecule has 162 valence electrons. The summed E-state index contributed by atoms with van der Waals surface area (Å²) in [5.41, 5.74) is 1.81. The monoisotopic (exact) mass is 463 g/mol. The minimum absolute atomic E-state index is 0.0353. The normalized spacial score (nSPS) is 17.5. The first-order chi connectivity index (χ1) is 14.8. The Hall–Kier alpha value is -2.91. The number of amides is 1. The molecule has 0 saturated carbocycles. The number of nitrogens with zero attached hydrogens (tertiary/aromatic N) is 2. The van der Waals surface area contributed by atoms with Crippen molar-refractivity contribution in [3.05, 3.63) is 65.1 Å². The van der Waals surface area contributed by atoms with Crippen LogP contribution in [0.4, 0.5) is 10.1 Å². The number of hydrogen-bond acceptors (Lipinski definition) is 5. The van der Waals surface area contributed by atoms with Crippen LogP contribution < -0.4 is 10.1 Å². The molecule has 0 unspecified atom stereocenters. The van der Waals surface area contributed by atoms with Crippen LogP contribution in [0.1, 0.15) is 23.0 Å². The molecule has 1 fully saturated rings. The van der Waals surface area contributed by atoms with Gasteiger partial charge in [0.2, 0.25) is 0 Å². The zero-order valence-corrected chi connectivity index (χ0v) is 18.1. The van der Waals surface area contributed by atoms with Crippen LogP contribution in [0, 0.1) is 5.82 Å². The average molecular weight is 464 g/mol. The van der Waals surface area contributed by atoms with Crippen LogP contribution in [0.5, 0.6) is 5.75 Å². The molecule has 1 aliphatic rings. The predicted molar refractivity (Wildman–Crippen MR) is 116 cm³/mol. The largest absolute Gasteiger partial charge is 0.497 e.